The number of carbonyl (C=O) groups is 1. The van der Waals surface area contributed by atoms with Crippen molar-refractivity contribution in [3.05, 3.63) is 98.2 Å². The molecule has 2 aromatic carbocycles. The van der Waals surface area contributed by atoms with Crippen molar-refractivity contribution in [1.29, 1.82) is 5.26 Å². The summed E-state index contributed by atoms with van der Waals surface area (Å²) in [6.07, 6.45) is 1.54. The van der Waals surface area contributed by atoms with Crippen molar-refractivity contribution >= 4 is 33.4 Å². The number of hydrogen-bond donors (Lipinski definition) is 1. The number of amides is 1. The lowest BCUT2D eigenvalue weighted by Crippen LogP contribution is -2.30. The van der Waals surface area contributed by atoms with Crippen molar-refractivity contribution < 1.29 is 13.6 Å². The van der Waals surface area contributed by atoms with E-state index in [-0.39, 0.29) is 16.1 Å². The van der Waals surface area contributed by atoms with Crippen LogP contribution < -0.4 is 5.32 Å². The van der Waals surface area contributed by atoms with E-state index in [0.29, 0.717) is 11.3 Å². The molecular formula is C20H11BrClF2N3O. The third-order valence-corrected chi connectivity index (χ3v) is 4.73. The van der Waals surface area contributed by atoms with Gasteiger partial charge in [-0.25, -0.2) is 8.78 Å². The minimum atomic E-state index is -0.800. The summed E-state index contributed by atoms with van der Waals surface area (Å²) in [5, 5.41) is 11.5. The van der Waals surface area contributed by atoms with E-state index in [1.165, 1.54) is 24.3 Å². The van der Waals surface area contributed by atoms with Crippen LogP contribution in [0.25, 0.3) is 0 Å². The smallest absolute Gasteiger partial charge is 0.252 e. The SMILES string of the molecule is N#Cc1ccc(C(=O)N[C@@H](c2ccc(Cl)c(F)c2)c2ccc(Br)cn2)cc1F. The van der Waals surface area contributed by atoms with Crippen molar-refractivity contribution in [2.45, 2.75) is 6.04 Å². The number of rotatable bonds is 4. The van der Waals surface area contributed by atoms with Crippen LogP contribution in [-0.4, -0.2) is 10.9 Å². The van der Waals surface area contributed by atoms with Crippen molar-refractivity contribution in [2.24, 2.45) is 0 Å². The molecule has 1 amide bonds. The number of halogens is 4. The summed E-state index contributed by atoms with van der Waals surface area (Å²) in [5.41, 5.74) is 0.724. The maximum atomic E-state index is 14.0. The van der Waals surface area contributed by atoms with Crippen LogP contribution in [0.4, 0.5) is 8.78 Å². The molecule has 8 heteroatoms. The van der Waals surface area contributed by atoms with E-state index in [1.54, 1.807) is 30.5 Å². The molecule has 1 heterocycles. The van der Waals surface area contributed by atoms with Gasteiger partial charge >= 0.3 is 0 Å². The highest BCUT2D eigenvalue weighted by molar-refractivity contribution is 9.10. The molecule has 0 aliphatic carbocycles. The first-order chi connectivity index (χ1) is 13.4. The maximum Gasteiger partial charge on any atom is 0.252 e. The minimum absolute atomic E-state index is 0.0213. The largest absolute Gasteiger partial charge is 0.340 e. The number of carbonyl (C=O) groups excluding carboxylic acids is 1. The minimum Gasteiger partial charge on any atom is -0.340 e. The molecule has 0 saturated carbocycles. The van der Waals surface area contributed by atoms with E-state index in [4.69, 9.17) is 16.9 Å². The topological polar surface area (TPSA) is 65.8 Å². The van der Waals surface area contributed by atoms with Crippen LogP contribution in [0.1, 0.15) is 33.2 Å². The van der Waals surface area contributed by atoms with Crippen molar-refractivity contribution in [3.63, 3.8) is 0 Å². The quantitative estimate of drug-likeness (QED) is 0.582. The van der Waals surface area contributed by atoms with Crippen LogP contribution in [-0.2, 0) is 0 Å². The van der Waals surface area contributed by atoms with Crippen LogP contribution in [0.15, 0.2) is 59.2 Å². The van der Waals surface area contributed by atoms with E-state index < -0.39 is 23.6 Å². The number of nitrogens with one attached hydrogen (secondary N) is 1. The zero-order valence-corrected chi connectivity index (χ0v) is 16.4. The molecule has 4 nitrogen and oxygen atoms in total. The Bertz CT molecular complexity index is 1080. The van der Waals surface area contributed by atoms with E-state index in [1.807, 2.05) is 0 Å². The van der Waals surface area contributed by atoms with E-state index >= 15 is 0 Å². The highest BCUT2D eigenvalue weighted by Gasteiger charge is 2.21. The average Bonchev–Trinajstić information content (AvgIpc) is 2.69. The Morgan fingerprint density at radius 3 is 2.54 bits per heavy atom. The van der Waals surface area contributed by atoms with Gasteiger partial charge in [0.15, 0.2) is 0 Å². The number of nitriles is 1. The molecule has 3 rings (SSSR count). The summed E-state index contributed by atoms with van der Waals surface area (Å²) in [4.78, 5) is 16.9. The summed E-state index contributed by atoms with van der Waals surface area (Å²) in [5.74, 6) is -2.04. The fourth-order valence-corrected chi connectivity index (χ4v) is 2.89. The molecule has 1 N–H and O–H groups in total. The van der Waals surface area contributed by atoms with Crippen LogP contribution in [0.2, 0.25) is 5.02 Å². The third-order valence-electron chi connectivity index (χ3n) is 3.95. The zero-order chi connectivity index (χ0) is 20.3. The predicted octanol–water partition coefficient (Wildman–Crippen LogP) is 5.17. The van der Waals surface area contributed by atoms with Crippen LogP contribution in [0, 0.1) is 23.0 Å². The van der Waals surface area contributed by atoms with Gasteiger partial charge in [-0.2, -0.15) is 5.26 Å². The summed E-state index contributed by atoms with van der Waals surface area (Å²) in [6, 6.07) is 12.0. The van der Waals surface area contributed by atoms with Gasteiger partial charge in [0.1, 0.15) is 17.7 Å². The van der Waals surface area contributed by atoms with Gasteiger partial charge in [0.05, 0.1) is 22.3 Å². The van der Waals surface area contributed by atoms with Crippen LogP contribution >= 0.6 is 27.5 Å². The van der Waals surface area contributed by atoms with E-state index in [0.717, 1.165) is 10.5 Å². The van der Waals surface area contributed by atoms with Crippen molar-refractivity contribution in [2.75, 3.05) is 0 Å². The Morgan fingerprint density at radius 1 is 1.14 bits per heavy atom. The van der Waals surface area contributed by atoms with Gasteiger partial charge in [-0.05, 0) is 64.0 Å². The Labute approximate surface area is 172 Å². The first kappa shape index (κ1) is 19.9. The third kappa shape index (κ3) is 4.35. The van der Waals surface area contributed by atoms with Crippen LogP contribution in [0.3, 0.4) is 0 Å². The van der Waals surface area contributed by atoms with Crippen molar-refractivity contribution in [1.82, 2.24) is 10.3 Å². The molecule has 0 unspecified atom stereocenters. The van der Waals surface area contributed by atoms with Gasteiger partial charge in [-0.15, -0.1) is 0 Å². The highest BCUT2D eigenvalue weighted by atomic mass is 79.9. The molecule has 0 aliphatic heterocycles. The zero-order valence-electron chi connectivity index (χ0n) is 14.1. The lowest BCUT2D eigenvalue weighted by molar-refractivity contribution is 0.0941. The number of pyridine rings is 1. The molecular weight excluding hydrogens is 452 g/mol. The number of hydrogen-bond acceptors (Lipinski definition) is 3. The fourth-order valence-electron chi connectivity index (χ4n) is 2.54. The normalized spacial score (nSPS) is 11.5. The molecule has 3 aromatic rings. The molecule has 0 fully saturated rings. The Hall–Kier alpha value is -2.82. The summed E-state index contributed by atoms with van der Waals surface area (Å²) < 4.78 is 28.5. The molecule has 28 heavy (non-hydrogen) atoms. The molecule has 0 bridgehead atoms. The Morgan fingerprint density at radius 2 is 1.93 bits per heavy atom. The first-order valence-corrected chi connectivity index (χ1v) is 9.13. The molecule has 0 aliphatic rings. The molecule has 1 aromatic heterocycles. The molecule has 140 valence electrons. The maximum absolute atomic E-state index is 14.0. The number of aromatic nitrogens is 1. The van der Waals surface area contributed by atoms with E-state index in [9.17, 15) is 13.6 Å². The standard InChI is InChI=1S/C20H11BrClF2N3O/c21-14-4-6-18(26-10-14)19(11-3-5-15(22)17(24)7-11)27-20(28)12-1-2-13(9-25)16(23)8-12/h1-8,10,19H,(H,27,28)/t19-/m0/s1. The van der Waals surface area contributed by atoms with Gasteiger partial charge < -0.3 is 5.32 Å². The Balaban J connectivity index is 1.98. The van der Waals surface area contributed by atoms with Crippen molar-refractivity contribution in [3.8, 4) is 6.07 Å². The Kier molecular flexibility index (Phi) is 6.02. The van der Waals surface area contributed by atoms with Gasteiger partial charge in [0.2, 0.25) is 0 Å². The first-order valence-electron chi connectivity index (χ1n) is 7.96. The lowest BCUT2D eigenvalue weighted by atomic mass is 10.0. The second-order valence-electron chi connectivity index (χ2n) is 5.79. The second kappa shape index (κ2) is 8.46. The predicted molar refractivity (Wildman–Crippen MR) is 104 cm³/mol. The summed E-state index contributed by atoms with van der Waals surface area (Å²) in [6.45, 7) is 0. The van der Waals surface area contributed by atoms with Crippen LogP contribution in [0.5, 0.6) is 0 Å². The van der Waals surface area contributed by atoms with Gasteiger partial charge in [-0.1, -0.05) is 17.7 Å². The fraction of sp³-hybridized carbons (Fsp3) is 0.0500. The monoisotopic (exact) mass is 461 g/mol. The molecule has 1 atom stereocenters. The molecule has 0 radical (unpaired) electrons. The second-order valence-corrected chi connectivity index (χ2v) is 7.11. The highest BCUT2D eigenvalue weighted by Crippen LogP contribution is 2.26. The molecule has 0 spiro atoms. The summed E-state index contributed by atoms with van der Waals surface area (Å²) >= 11 is 9.03. The van der Waals surface area contributed by atoms with E-state index in [2.05, 4.69) is 26.2 Å². The van der Waals surface area contributed by atoms with Gasteiger partial charge in [0, 0.05) is 16.2 Å². The van der Waals surface area contributed by atoms with Gasteiger partial charge in [-0.3, -0.25) is 9.78 Å². The average molecular weight is 463 g/mol. The van der Waals surface area contributed by atoms with Gasteiger partial charge in [0.25, 0.3) is 5.91 Å². The number of benzene rings is 2. The number of nitrogens with zero attached hydrogens (tertiary/aromatic N) is 2. The lowest BCUT2D eigenvalue weighted by Gasteiger charge is -2.19. The molecule has 0 saturated heterocycles. The summed E-state index contributed by atoms with van der Waals surface area (Å²) in [7, 11) is 0.